The molecule has 0 nitrogen and oxygen atoms in total. The standard InChI is InChI=1S/C21H25.C13H10.C9H13.2ClH.Zr/c1-20(2,3)16-7-9-18-14(12-16)11-15-13-17(21(4,5)6)8-10-19(15)18;1-3-7-12(8-4-1)11-13-9-5-2-6-10-13;1-2-3-6-9-7-4-5-8-9;;;/h7-10,12H,11H2,1-6H3;1-10H;4-5,7-8H,2-3,6H2,1H3;2*1H;/q-1;;-1;;;+2/p-2. The second-order valence-corrected chi connectivity index (χ2v) is 15.0. The summed E-state index contributed by atoms with van der Waals surface area (Å²) in [5, 5.41) is 0. The van der Waals surface area contributed by atoms with Crippen molar-refractivity contribution in [3.63, 3.8) is 0 Å². The summed E-state index contributed by atoms with van der Waals surface area (Å²) in [7, 11) is 0. The van der Waals surface area contributed by atoms with Gasteiger partial charge < -0.3 is 24.8 Å². The second-order valence-electron chi connectivity index (χ2n) is 13.8. The van der Waals surface area contributed by atoms with Gasteiger partial charge in [-0.2, -0.15) is 47.5 Å². The number of halogens is 2. The maximum atomic E-state index is 3.67. The normalized spacial score (nSPS) is 11.3. The van der Waals surface area contributed by atoms with Crippen molar-refractivity contribution in [3.05, 3.63) is 160 Å². The molecule has 240 valence electrons. The van der Waals surface area contributed by atoms with Gasteiger partial charge >= 0.3 is 99.2 Å². The Kier molecular flexibility index (Phi) is 15.7. The predicted molar refractivity (Wildman–Crippen MR) is 188 cm³/mol. The van der Waals surface area contributed by atoms with Crippen LogP contribution in [0.15, 0.2) is 115 Å². The number of benzene rings is 4. The zero-order valence-corrected chi connectivity index (χ0v) is 32.5. The molecule has 1 aliphatic carbocycles. The topological polar surface area (TPSA) is 0 Å². The van der Waals surface area contributed by atoms with Gasteiger partial charge in [-0.15, -0.1) is 11.1 Å². The Balaban J connectivity index is 0.000000256. The summed E-state index contributed by atoms with van der Waals surface area (Å²) < 4.78 is 1.42. The van der Waals surface area contributed by atoms with Crippen LogP contribution in [0.1, 0.15) is 100 Å². The first kappa shape index (κ1) is 39.7. The number of hydrogen-bond acceptors (Lipinski definition) is 0. The molecule has 0 amide bonds. The van der Waals surface area contributed by atoms with E-state index in [4.69, 9.17) is 0 Å². The van der Waals surface area contributed by atoms with Crippen molar-refractivity contribution in [1.82, 2.24) is 0 Å². The molecular formula is C43H48Cl2Zr-2. The molecule has 0 saturated carbocycles. The van der Waals surface area contributed by atoms with E-state index in [0.717, 1.165) is 6.42 Å². The molecule has 0 aromatic heterocycles. The SMILES string of the molecule is CC(C)(C)c1[c-]c2c(cc1)-c1ccc(C(C)(C)C)cc1C2.CCCCc1cc[cH-]c1.[Cl-].[Cl-].[Zr+2]=[C](c1ccccc1)c1ccccc1. The molecule has 0 bridgehead atoms. The van der Waals surface area contributed by atoms with E-state index in [2.05, 4.69) is 170 Å². The van der Waals surface area contributed by atoms with Gasteiger partial charge in [0.25, 0.3) is 0 Å². The van der Waals surface area contributed by atoms with E-state index < -0.39 is 0 Å². The molecule has 0 unspecified atom stereocenters. The van der Waals surface area contributed by atoms with Gasteiger partial charge in [0.1, 0.15) is 0 Å². The summed E-state index contributed by atoms with van der Waals surface area (Å²) in [5.74, 6) is 0. The van der Waals surface area contributed by atoms with E-state index in [1.54, 1.807) is 0 Å². The van der Waals surface area contributed by atoms with Crippen molar-refractivity contribution in [2.45, 2.75) is 85.0 Å². The van der Waals surface area contributed by atoms with Gasteiger partial charge in [0.05, 0.1) is 0 Å². The number of unbranched alkanes of at least 4 members (excludes halogenated alkanes) is 1. The number of hydrogen-bond donors (Lipinski definition) is 0. The molecule has 0 atom stereocenters. The van der Waals surface area contributed by atoms with Crippen molar-refractivity contribution in [1.29, 1.82) is 0 Å². The Labute approximate surface area is 306 Å². The number of aryl methyl sites for hydroxylation is 1. The van der Waals surface area contributed by atoms with E-state index in [1.807, 2.05) is 0 Å². The van der Waals surface area contributed by atoms with E-state index in [-0.39, 0.29) is 35.6 Å². The summed E-state index contributed by atoms with van der Waals surface area (Å²) >= 11 is 1.46. The third-order valence-electron chi connectivity index (χ3n) is 8.14. The van der Waals surface area contributed by atoms with Crippen LogP contribution in [0.4, 0.5) is 0 Å². The molecule has 0 aliphatic heterocycles. The van der Waals surface area contributed by atoms with Crippen LogP contribution >= 0.6 is 0 Å². The molecular weight excluding hydrogens is 679 g/mol. The fourth-order valence-electron chi connectivity index (χ4n) is 5.37. The minimum atomic E-state index is 0. The molecule has 0 radical (unpaired) electrons. The van der Waals surface area contributed by atoms with E-state index in [1.165, 1.54) is 96.8 Å². The molecule has 0 fully saturated rings. The maximum absolute atomic E-state index is 3.67. The van der Waals surface area contributed by atoms with Crippen molar-refractivity contribution in [3.8, 4) is 11.1 Å². The Morgan fingerprint density at radius 3 is 1.83 bits per heavy atom. The van der Waals surface area contributed by atoms with Crippen LogP contribution in [-0.2, 0) is 47.9 Å². The molecule has 0 N–H and O–H groups in total. The van der Waals surface area contributed by atoms with Crippen LogP contribution < -0.4 is 24.8 Å². The first-order valence-corrected chi connectivity index (χ1v) is 17.3. The quantitative estimate of drug-likeness (QED) is 0.214. The third kappa shape index (κ3) is 11.1. The Hall–Kier alpha value is -2.44. The van der Waals surface area contributed by atoms with Crippen LogP contribution in [0.2, 0.25) is 0 Å². The first-order valence-electron chi connectivity index (χ1n) is 16.1. The Bertz CT molecular complexity index is 1520. The van der Waals surface area contributed by atoms with E-state index in [9.17, 15) is 0 Å². The fraction of sp³-hybridized carbons (Fsp3) is 0.302. The average molecular weight is 727 g/mol. The molecule has 1 aliphatic rings. The van der Waals surface area contributed by atoms with E-state index in [0.29, 0.717) is 0 Å². The minimum absolute atomic E-state index is 0. The molecule has 6 rings (SSSR count). The number of fused-ring (bicyclic) bond motifs is 3. The molecule has 46 heavy (non-hydrogen) atoms. The van der Waals surface area contributed by atoms with Gasteiger partial charge in [-0.3, -0.25) is 0 Å². The van der Waals surface area contributed by atoms with Crippen molar-refractivity contribution >= 4 is 3.21 Å². The Morgan fingerprint density at radius 2 is 1.33 bits per heavy atom. The molecule has 0 saturated heterocycles. The number of rotatable bonds is 5. The second kappa shape index (κ2) is 18.2. The summed E-state index contributed by atoms with van der Waals surface area (Å²) in [5.41, 5.74) is 12.8. The summed E-state index contributed by atoms with van der Waals surface area (Å²) in [6, 6.07) is 44.9. The van der Waals surface area contributed by atoms with Gasteiger partial charge in [-0.25, -0.2) is 6.07 Å². The summed E-state index contributed by atoms with van der Waals surface area (Å²) in [6.45, 7) is 15.8. The van der Waals surface area contributed by atoms with E-state index >= 15 is 0 Å². The fourth-order valence-corrected chi connectivity index (χ4v) is 6.18. The Morgan fingerprint density at radius 1 is 0.739 bits per heavy atom. The summed E-state index contributed by atoms with van der Waals surface area (Å²) in [6.07, 6.45) is 4.90. The zero-order chi connectivity index (χ0) is 31.7. The van der Waals surface area contributed by atoms with Gasteiger partial charge in [-0.05, 0) is 28.4 Å². The van der Waals surface area contributed by atoms with Crippen LogP contribution in [0.5, 0.6) is 0 Å². The molecule has 0 heterocycles. The first-order chi connectivity index (χ1) is 21.0. The molecule has 5 aromatic rings. The average Bonchev–Trinajstić information content (AvgIpc) is 3.67. The third-order valence-corrected chi connectivity index (χ3v) is 9.56. The van der Waals surface area contributed by atoms with Crippen LogP contribution in [0.3, 0.4) is 0 Å². The van der Waals surface area contributed by atoms with Gasteiger partial charge in [-0.1, -0.05) is 91.5 Å². The molecule has 5 aromatic carbocycles. The van der Waals surface area contributed by atoms with Crippen molar-refractivity contribution < 1.29 is 49.0 Å². The zero-order valence-electron chi connectivity index (χ0n) is 28.6. The monoisotopic (exact) mass is 724 g/mol. The summed E-state index contributed by atoms with van der Waals surface area (Å²) in [4.78, 5) is 0. The van der Waals surface area contributed by atoms with Gasteiger partial charge in [0.15, 0.2) is 0 Å². The molecule has 3 heteroatoms. The molecule has 0 spiro atoms. The van der Waals surface area contributed by atoms with Crippen LogP contribution in [0.25, 0.3) is 11.1 Å². The van der Waals surface area contributed by atoms with Gasteiger partial charge in [0, 0.05) is 0 Å². The van der Waals surface area contributed by atoms with Crippen molar-refractivity contribution in [2.24, 2.45) is 0 Å². The van der Waals surface area contributed by atoms with Crippen molar-refractivity contribution in [2.75, 3.05) is 0 Å². The van der Waals surface area contributed by atoms with Crippen LogP contribution in [0, 0.1) is 6.07 Å². The predicted octanol–water partition coefficient (Wildman–Crippen LogP) is 5.21. The van der Waals surface area contributed by atoms with Gasteiger partial charge in [0.2, 0.25) is 0 Å². The van der Waals surface area contributed by atoms with Crippen LogP contribution in [-0.4, -0.2) is 3.21 Å².